The Labute approximate surface area is 139 Å². The van der Waals surface area contributed by atoms with E-state index in [1.54, 1.807) is 20.8 Å². The van der Waals surface area contributed by atoms with E-state index in [-0.39, 0.29) is 36.4 Å². The second-order valence-corrected chi connectivity index (χ2v) is 6.83. The van der Waals surface area contributed by atoms with Crippen molar-refractivity contribution in [2.75, 3.05) is 13.1 Å². The van der Waals surface area contributed by atoms with Crippen molar-refractivity contribution in [1.29, 1.82) is 0 Å². The fourth-order valence-electron chi connectivity index (χ4n) is 2.42. The van der Waals surface area contributed by atoms with Crippen molar-refractivity contribution in [2.45, 2.75) is 38.7 Å². The lowest BCUT2D eigenvalue weighted by Crippen LogP contribution is -2.38. The minimum atomic E-state index is -0.580. The van der Waals surface area contributed by atoms with Crippen molar-refractivity contribution < 1.29 is 23.1 Å². The summed E-state index contributed by atoms with van der Waals surface area (Å²) in [6.45, 7) is 5.74. The molecule has 24 heavy (non-hydrogen) atoms. The molecule has 1 aliphatic rings. The van der Waals surface area contributed by atoms with Gasteiger partial charge in [-0.25, -0.2) is 13.6 Å². The zero-order chi connectivity index (χ0) is 17.9. The highest BCUT2D eigenvalue weighted by Gasteiger charge is 2.45. The number of alkyl carbamates (subject to hydrolysis) is 1. The number of hydrogen-bond acceptors (Lipinski definition) is 3. The molecule has 2 rings (SSSR count). The van der Waals surface area contributed by atoms with Gasteiger partial charge >= 0.3 is 6.09 Å². The van der Waals surface area contributed by atoms with E-state index in [2.05, 4.69) is 10.6 Å². The van der Waals surface area contributed by atoms with Crippen LogP contribution in [0, 0.1) is 17.6 Å². The SMILES string of the molecule is CC(C)(C)OC(=O)NCCNC(=O)[C@@H]1C[C@@H]1c1cc(F)ccc1F. The van der Waals surface area contributed by atoms with Gasteiger partial charge < -0.3 is 15.4 Å². The molecule has 5 nitrogen and oxygen atoms in total. The fourth-order valence-corrected chi connectivity index (χ4v) is 2.42. The van der Waals surface area contributed by atoms with Crippen molar-refractivity contribution in [2.24, 2.45) is 5.92 Å². The summed E-state index contributed by atoms with van der Waals surface area (Å²) in [4.78, 5) is 23.4. The third kappa shape index (κ3) is 5.18. The Bertz CT molecular complexity index is 629. The van der Waals surface area contributed by atoms with Crippen LogP contribution in [0.15, 0.2) is 18.2 Å². The predicted octanol–water partition coefficient (Wildman–Crippen LogP) is 2.71. The van der Waals surface area contributed by atoms with Crippen LogP contribution in [0.1, 0.15) is 38.7 Å². The maximum absolute atomic E-state index is 13.7. The minimum Gasteiger partial charge on any atom is -0.444 e. The number of nitrogens with one attached hydrogen (secondary N) is 2. The van der Waals surface area contributed by atoms with E-state index in [1.165, 1.54) is 0 Å². The van der Waals surface area contributed by atoms with Gasteiger partial charge in [0.25, 0.3) is 0 Å². The maximum atomic E-state index is 13.7. The van der Waals surface area contributed by atoms with Gasteiger partial charge in [0.15, 0.2) is 0 Å². The Hall–Kier alpha value is -2.18. The second-order valence-electron chi connectivity index (χ2n) is 6.83. The molecule has 1 aliphatic carbocycles. The number of halogens is 2. The lowest BCUT2D eigenvalue weighted by molar-refractivity contribution is -0.122. The number of rotatable bonds is 5. The minimum absolute atomic E-state index is 0.227. The van der Waals surface area contributed by atoms with Crippen LogP contribution < -0.4 is 10.6 Å². The first kappa shape index (κ1) is 18.2. The quantitative estimate of drug-likeness (QED) is 0.810. The number of amides is 2. The van der Waals surface area contributed by atoms with Crippen molar-refractivity contribution in [1.82, 2.24) is 10.6 Å². The average molecular weight is 340 g/mol. The largest absolute Gasteiger partial charge is 0.444 e. The molecular formula is C17H22F2N2O3. The van der Waals surface area contributed by atoms with Crippen LogP contribution >= 0.6 is 0 Å². The van der Waals surface area contributed by atoms with E-state index in [0.717, 1.165) is 18.2 Å². The molecule has 0 radical (unpaired) electrons. The molecule has 0 bridgehead atoms. The molecule has 2 N–H and O–H groups in total. The lowest BCUT2D eigenvalue weighted by Gasteiger charge is -2.19. The summed E-state index contributed by atoms with van der Waals surface area (Å²) >= 11 is 0. The predicted molar refractivity (Wildman–Crippen MR) is 84.5 cm³/mol. The van der Waals surface area contributed by atoms with Crippen LogP contribution in [0.5, 0.6) is 0 Å². The monoisotopic (exact) mass is 340 g/mol. The first-order valence-electron chi connectivity index (χ1n) is 7.87. The van der Waals surface area contributed by atoms with E-state index in [9.17, 15) is 18.4 Å². The number of benzene rings is 1. The Morgan fingerprint density at radius 1 is 1.21 bits per heavy atom. The normalized spacial score (nSPS) is 19.5. The van der Waals surface area contributed by atoms with Crippen molar-refractivity contribution in [3.05, 3.63) is 35.4 Å². The molecule has 1 fully saturated rings. The highest BCUT2D eigenvalue weighted by Crippen LogP contribution is 2.48. The summed E-state index contributed by atoms with van der Waals surface area (Å²) < 4.78 is 31.9. The van der Waals surface area contributed by atoms with Gasteiger partial charge in [0.2, 0.25) is 5.91 Å². The molecule has 0 aliphatic heterocycles. The van der Waals surface area contributed by atoms with Crippen LogP contribution in [-0.4, -0.2) is 30.7 Å². The molecule has 0 spiro atoms. The zero-order valence-corrected chi connectivity index (χ0v) is 14.0. The van der Waals surface area contributed by atoms with E-state index in [0.29, 0.717) is 6.42 Å². The standard InChI is InChI=1S/C17H22F2N2O3/c1-17(2,3)24-16(23)21-7-6-20-15(22)13-9-11(13)12-8-10(18)4-5-14(12)19/h4-5,8,11,13H,6-7,9H2,1-3H3,(H,20,22)(H,21,23)/t11-,13-/m1/s1. The summed E-state index contributed by atoms with van der Waals surface area (Å²) in [5.41, 5.74) is -0.342. The summed E-state index contributed by atoms with van der Waals surface area (Å²) in [7, 11) is 0. The molecule has 1 saturated carbocycles. The Morgan fingerprint density at radius 2 is 1.88 bits per heavy atom. The average Bonchev–Trinajstić information content (AvgIpc) is 3.24. The lowest BCUT2D eigenvalue weighted by atomic mass is 10.1. The highest BCUT2D eigenvalue weighted by atomic mass is 19.1. The van der Waals surface area contributed by atoms with Crippen LogP contribution in [0.25, 0.3) is 0 Å². The maximum Gasteiger partial charge on any atom is 0.407 e. The third-order valence-corrected chi connectivity index (χ3v) is 3.58. The Balaban J connectivity index is 1.71. The molecule has 0 heterocycles. The van der Waals surface area contributed by atoms with Gasteiger partial charge in [0.05, 0.1) is 0 Å². The van der Waals surface area contributed by atoms with Crippen LogP contribution in [0.4, 0.5) is 13.6 Å². The van der Waals surface area contributed by atoms with E-state index < -0.39 is 23.3 Å². The molecule has 7 heteroatoms. The van der Waals surface area contributed by atoms with Crippen molar-refractivity contribution in [3.63, 3.8) is 0 Å². The molecule has 2 amide bonds. The van der Waals surface area contributed by atoms with Crippen LogP contribution in [0.2, 0.25) is 0 Å². The zero-order valence-electron chi connectivity index (χ0n) is 14.0. The van der Waals surface area contributed by atoms with Gasteiger partial charge in [-0.15, -0.1) is 0 Å². The molecule has 1 aromatic rings. The van der Waals surface area contributed by atoms with E-state index in [4.69, 9.17) is 4.74 Å². The molecule has 1 aromatic carbocycles. The molecule has 0 aromatic heterocycles. The smallest absolute Gasteiger partial charge is 0.407 e. The summed E-state index contributed by atoms with van der Waals surface area (Å²) in [5, 5.41) is 5.20. The molecule has 2 atom stereocenters. The van der Waals surface area contributed by atoms with Gasteiger partial charge in [-0.3, -0.25) is 4.79 Å². The molecule has 132 valence electrons. The van der Waals surface area contributed by atoms with Gasteiger partial charge in [-0.05, 0) is 56.9 Å². The van der Waals surface area contributed by atoms with Crippen LogP contribution in [-0.2, 0) is 9.53 Å². The van der Waals surface area contributed by atoms with Crippen molar-refractivity contribution in [3.8, 4) is 0 Å². The van der Waals surface area contributed by atoms with Crippen molar-refractivity contribution >= 4 is 12.0 Å². The van der Waals surface area contributed by atoms with Gasteiger partial charge in [0.1, 0.15) is 17.2 Å². The van der Waals surface area contributed by atoms with Gasteiger partial charge in [0, 0.05) is 19.0 Å². The molecule has 0 unspecified atom stereocenters. The summed E-state index contributed by atoms with van der Waals surface area (Å²) in [6.07, 6.45) is -0.0611. The number of ether oxygens (including phenoxy) is 1. The second kappa shape index (κ2) is 7.15. The van der Waals surface area contributed by atoms with Gasteiger partial charge in [-0.1, -0.05) is 0 Å². The highest BCUT2D eigenvalue weighted by molar-refractivity contribution is 5.83. The molecular weight excluding hydrogens is 318 g/mol. The number of hydrogen-bond donors (Lipinski definition) is 2. The Kier molecular flexibility index (Phi) is 5.41. The number of carbonyl (C=O) groups excluding carboxylic acids is 2. The fraction of sp³-hybridized carbons (Fsp3) is 0.529. The van der Waals surface area contributed by atoms with E-state index in [1.807, 2.05) is 0 Å². The first-order valence-corrected chi connectivity index (χ1v) is 7.87. The van der Waals surface area contributed by atoms with Crippen LogP contribution in [0.3, 0.4) is 0 Å². The topological polar surface area (TPSA) is 67.4 Å². The number of carbonyl (C=O) groups is 2. The summed E-state index contributed by atoms with van der Waals surface area (Å²) in [5.74, 6) is -1.89. The first-order chi connectivity index (χ1) is 11.2. The Morgan fingerprint density at radius 3 is 2.54 bits per heavy atom. The van der Waals surface area contributed by atoms with Gasteiger partial charge in [-0.2, -0.15) is 0 Å². The third-order valence-electron chi connectivity index (χ3n) is 3.58. The summed E-state index contributed by atoms with van der Waals surface area (Å²) in [6, 6.07) is 3.26. The van der Waals surface area contributed by atoms with E-state index >= 15 is 0 Å². The molecule has 0 saturated heterocycles.